The fraction of sp³-hybridized carbons (Fsp3) is 0.708. The molecule has 0 bridgehead atoms. The van der Waals surface area contributed by atoms with Crippen molar-refractivity contribution in [2.24, 2.45) is 13.0 Å². The molecule has 1 aliphatic heterocycles. The van der Waals surface area contributed by atoms with Gasteiger partial charge in [-0.05, 0) is 51.0 Å². The minimum Gasteiger partial charge on any atom is -0.353 e. The van der Waals surface area contributed by atoms with Crippen LogP contribution in [0, 0.1) is 11.9 Å². The van der Waals surface area contributed by atoms with E-state index >= 15 is 0 Å². The van der Waals surface area contributed by atoms with Gasteiger partial charge in [-0.3, -0.25) is 9.69 Å². The van der Waals surface area contributed by atoms with Gasteiger partial charge in [-0.15, -0.1) is 11.3 Å². The van der Waals surface area contributed by atoms with Gasteiger partial charge >= 0.3 is 0 Å². The number of carbonyl (C=O) groups excluding carboxylic acids is 1. The first kappa shape index (κ1) is 23.8. The van der Waals surface area contributed by atoms with Crippen molar-refractivity contribution in [2.75, 3.05) is 13.1 Å². The van der Waals surface area contributed by atoms with E-state index in [2.05, 4.69) is 15.3 Å². The van der Waals surface area contributed by atoms with Crippen LogP contribution in [0.1, 0.15) is 72.0 Å². The van der Waals surface area contributed by atoms with Gasteiger partial charge in [0.25, 0.3) is 0 Å². The van der Waals surface area contributed by atoms with Gasteiger partial charge in [0.2, 0.25) is 17.8 Å². The Labute approximate surface area is 201 Å². The lowest BCUT2D eigenvalue weighted by molar-refractivity contribution is -0.121. The molecule has 1 amide bonds. The molecule has 2 saturated carbocycles. The molecule has 0 atom stereocenters. The van der Waals surface area contributed by atoms with Crippen molar-refractivity contribution in [3.8, 4) is 0 Å². The molecule has 0 unspecified atom stereocenters. The molecule has 1 N–H and O–H groups in total. The molecule has 0 saturated heterocycles. The standard InChI is InChI=1S/C24H32F3N5OS/c1-31-22(25)16(13-28-31)10-21(33)29-18-4-2-15(3-5-18)6-8-32-9-7-20-19(14-32)30-23(34-20)17-11-24(26,27)12-17/h13,15,17-18H,2-12,14H2,1H3,(H,29,33)/t15-,18-. The number of carbonyl (C=O) groups is 1. The summed E-state index contributed by atoms with van der Waals surface area (Å²) < 4.78 is 41.4. The topological polar surface area (TPSA) is 63.1 Å². The molecule has 6 nitrogen and oxygen atoms in total. The number of nitrogens with one attached hydrogen (secondary N) is 1. The molecule has 0 radical (unpaired) electrons. The van der Waals surface area contributed by atoms with E-state index in [0.717, 1.165) is 73.5 Å². The van der Waals surface area contributed by atoms with Crippen LogP contribution in [0.5, 0.6) is 0 Å². The van der Waals surface area contributed by atoms with E-state index in [1.807, 2.05) is 0 Å². The first-order chi connectivity index (χ1) is 16.3. The summed E-state index contributed by atoms with van der Waals surface area (Å²) in [7, 11) is 1.52. The van der Waals surface area contributed by atoms with Crippen molar-refractivity contribution in [1.29, 1.82) is 0 Å². The maximum absolute atomic E-state index is 13.8. The fourth-order valence-corrected chi connectivity index (χ4v) is 6.64. The Morgan fingerprint density at radius 1 is 1.26 bits per heavy atom. The number of nitrogens with zero attached hydrogens (tertiary/aromatic N) is 4. The Kier molecular flexibility index (Phi) is 6.72. The Morgan fingerprint density at radius 3 is 2.71 bits per heavy atom. The second-order valence-corrected chi connectivity index (χ2v) is 11.4. The molecule has 0 spiro atoms. The second kappa shape index (κ2) is 9.60. The average Bonchev–Trinajstić information content (AvgIpc) is 3.35. The quantitative estimate of drug-likeness (QED) is 0.626. The predicted octanol–water partition coefficient (Wildman–Crippen LogP) is 4.19. The van der Waals surface area contributed by atoms with Crippen LogP contribution < -0.4 is 5.32 Å². The zero-order valence-electron chi connectivity index (χ0n) is 19.5. The third-order valence-corrected chi connectivity index (χ3v) is 8.93. The fourth-order valence-electron chi connectivity index (χ4n) is 5.47. The van der Waals surface area contributed by atoms with E-state index in [9.17, 15) is 18.0 Å². The zero-order valence-corrected chi connectivity index (χ0v) is 20.4. The van der Waals surface area contributed by atoms with Crippen molar-refractivity contribution in [3.63, 3.8) is 0 Å². The van der Waals surface area contributed by atoms with Gasteiger partial charge in [-0.2, -0.15) is 9.49 Å². The van der Waals surface area contributed by atoms with Crippen LogP contribution in [0.3, 0.4) is 0 Å². The molecule has 2 fully saturated rings. The van der Waals surface area contributed by atoms with Gasteiger partial charge in [0.15, 0.2) is 0 Å². The smallest absolute Gasteiger partial charge is 0.249 e. The summed E-state index contributed by atoms with van der Waals surface area (Å²) in [6.45, 7) is 2.85. The summed E-state index contributed by atoms with van der Waals surface area (Å²) in [5.74, 6) is -2.51. The molecule has 10 heteroatoms. The van der Waals surface area contributed by atoms with Gasteiger partial charge in [-0.1, -0.05) is 0 Å². The Balaban J connectivity index is 1.02. The molecule has 2 aromatic heterocycles. The van der Waals surface area contributed by atoms with E-state index in [-0.39, 0.29) is 37.1 Å². The lowest BCUT2D eigenvalue weighted by atomic mass is 9.82. The van der Waals surface area contributed by atoms with E-state index in [0.29, 0.717) is 11.5 Å². The Hall–Kier alpha value is -1.94. The van der Waals surface area contributed by atoms with Gasteiger partial charge in [-0.25, -0.2) is 18.4 Å². The van der Waals surface area contributed by atoms with Gasteiger partial charge < -0.3 is 5.32 Å². The molecular weight excluding hydrogens is 463 g/mol. The number of hydrogen-bond acceptors (Lipinski definition) is 5. The van der Waals surface area contributed by atoms with Crippen LogP contribution in [0.4, 0.5) is 13.2 Å². The SMILES string of the molecule is Cn1ncc(CC(=O)N[C@H]2CC[C@H](CCN3CCc4sc(C5CC(F)(F)C5)nc4C3)CC2)c1F. The molecule has 2 aromatic rings. The van der Waals surface area contributed by atoms with Crippen molar-refractivity contribution in [3.05, 3.63) is 33.3 Å². The summed E-state index contributed by atoms with van der Waals surface area (Å²) in [5.41, 5.74) is 1.43. The van der Waals surface area contributed by atoms with Crippen LogP contribution in [0.25, 0.3) is 0 Å². The summed E-state index contributed by atoms with van der Waals surface area (Å²) in [4.78, 5) is 20.7. The number of rotatable bonds is 7. The molecule has 0 aromatic carbocycles. The molecule has 3 aliphatic rings. The number of hydrogen-bond donors (Lipinski definition) is 1. The molecule has 2 aliphatic carbocycles. The van der Waals surface area contributed by atoms with Crippen molar-refractivity contribution in [2.45, 2.75) is 82.2 Å². The summed E-state index contributed by atoms with van der Waals surface area (Å²) >= 11 is 1.64. The van der Waals surface area contributed by atoms with Crippen LogP contribution in [-0.2, 0) is 31.2 Å². The highest BCUT2D eigenvalue weighted by Gasteiger charge is 2.47. The van der Waals surface area contributed by atoms with Gasteiger partial charge in [0.1, 0.15) is 0 Å². The minimum absolute atomic E-state index is 0.0259. The number of thiazole rings is 1. The van der Waals surface area contributed by atoms with Crippen LogP contribution >= 0.6 is 11.3 Å². The van der Waals surface area contributed by atoms with Crippen molar-refractivity contribution < 1.29 is 18.0 Å². The Morgan fingerprint density at radius 2 is 2.03 bits per heavy atom. The second-order valence-electron chi connectivity index (χ2n) is 10.2. The number of aryl methyl sites for hydroxylation is 1. The van der Waals surface area contributed by atoms with Crippen molar-refractivity contribution in [1.82, 2.24) is 25.0 Å². The minimum atomic E-state index is -2.50. The normalized spacial score (nSPS) is 25.1. The van der Waals surface area contributed by atoms with Crippen LogP contribution in [0.2, 0.25) is 0 Å². The van der Waals surface area contributed by atoms with Crippen LogP contribution in [-0.4, -0.2) is 50.6 Å². The predicted molar refractivity (Wildman–Crippen MR) is 123 cm³/mol. The maximum Gasteiger partial charge on any atom is 0.249 e. The number of amides is 1. The molecule has 3 heterocycles. The Bertz CT molecular complexity index is 1020. The monoisotopic (exact) mass is 495 g/mol. The maximum atomic E-state index is 13.8. The lowest BCUT2D eigenvalue weighted by Crippen LogP contribution is -2.39. The number of alkyl halides is 2. The third-order valence-electron chi connectivity index (χ3n) is 7.61. The van der Waals surface area contributed by atoms with Gasteiger partial charge in [0.05, 0.1) is 23.3 Å². The van der Waals surface area contributed by atoms with E-state index in [1.165, 1.54) is 18.1 Å². The third kappa shape index (κ3) is 5.32. The highest BCUT2D eigenvalue weighted by Crippen LogP contribution is 2.49. The molecular formula is C24H32F3N5OS. The van der Waals surface area contributed by atoms with Crippen LogP contribution in [0.15, 0.2) is 6.20 Å². The molecule has 34 heavy (non-hydrogen) atoms. The summed E-state index contributed by atoms with van der Waals surface area (Å²) in [5, 5.41) is 7.81. The van der Waals surface area contributed by atoms with Crippen molar-refractivity contribution >= 4 is 17.2 Å². The average molecular weight is 496 g/mol. The number of aromatic nitrogens is 3. The largest absolute Gasteiger partial charge is 0.353 e. The van der Waals surface area contributed by atoms with E-state index in [1.54, 1.807) is 11.3 Å². The van der Waals surface area contributed by atoms with E-state index < -0.39 is 11.9 Å². The molecule has 5 rings (SSSR count). The lowest BCUT2D eigenvalue weighted by Gasteiger charge is -2.33. The number of fused-ring (bicyclic) bond motifs is 1. The summed E-state index contributed by atoms with van der Waals surface area (Å²) in [6, 6.07) is 0.160. The number of halogens is 3. The summed E-state index contributed by atoms with van der Waals surface area (Å²) in [6.07, 6.45) is 7.51. The highest BCUT2D eigenvalue weighted by atomic mass is 32.1. The van der Waals surface area contributed by atoms with E-state index in [4.69, 9.17) is 4.98 Å². The first-order valence-corrected chi connectivity index (χ1v) is 13.1. The zero-order chi connectivity index (χ0) is 23.9. The first-order valence-electron chi connectivity index (χ1n) is 12.3. The highest BCUT2D eigenvalue weighted by molar-refractivity contribution is 7.11. The van der Waals surface area contributed by atoms with Gasteiger partial charge in [0, 0.05) is 55.4 Å². The molecule has 186 valence electrons.